The summed E-state index contributed by atoms with van der Waals surface area (Å²) >= 11 is 2.23. The first-order valence-corrected chi connectivity index (χ1v) is 10.3. The molecule has 0 saturated heterocycles. The number of alkyl halides is 2. The van der Waals surface area contributed by atoms with Gasteiger partial charge in [-0.2, -0.15) is 8.78 Å². The topological polar surface area (TPSA) is 44.8 Å². The normalized spacial score (nSPS) is 11.0. The van der Waals surface area contributed by atoms with Gasteiger partial charge in [0.15, 0.2) is 5.78 Å². The molecule has 0 saturated carbocycles. The summed E-state index contributed by atoms with van der Waals surface area (Å²) in [6, 6.07) is 18.9. The van der Waals surface area contributed by atoms with E-state index in [-0.39, 0.29) is 17.1 Å². The van der Waals surface area contributed by atoms with E-state index in [9.17, 15) is 13.6 Å². The van der Waals surface area contributed by atoms with Crippen LogP contribution in [0.2, 0.25) is 0 Å². The molecule has 0 N–H and O–H groups in total. The van der Waals surface area contributed by atoms with Crippen molar-refractivity contribution in [2.24, 2.45) is 0 Å². The molecule has 160 valence electrons. The maximum atomic E-state index is 12.4. The molecule has 0 aromatic heterocycles. The average molecular weight is 536 g/mol. The molecular weight excluding hydrogens is 517 g/mol. The van der Waals surface area contributed by atoms with Crippen molar-refractivity contribution in [3.8, 4) is 17.2 Å². The maximum Gasteiger partial charge on any atom is 0.387 e. The zero-order valence-electron chi connectivity index (χ0n) is 16.6. The Kier molecular flexibility index (Phi) is 8.00. The molecule has 0 amide bonds. The first-order chi connectivity index (χ1) is 14.9. The van der Waals surface area contributed by atoms with E-state index in [2.05, 4.69) is 27.3 Å². The number of rotatable bonds is 9. The molecule has 0 bridgehead atoms. The summed E-state index contributed by atoms with van der Waals surface area (Å²) in [5.74, 6) is 1.02. The van der Waals surface area contributed by atoms with Crippen LogP contribution in [0.25, 0.3) is 6.08 Å². The van der Waals surface area contributed by atoms with Gasteiger partial charge in [0.25, 0.3) is 0 Å². The standard InChI is InChI=1S/C24H19F2IO4/c1-29-23-12-6-16(13-18(23)15-30-20-9-7-19(27)8-10-20)5-11-22(28)17-3-2-4-21(14-17)31-24(25)26/h2-14,24H,15H2,1H3/b11-5+. The Labute approximate surface area is 192 Å². The lowest BCUT2D eigenvalue weighted by Gasteiger charge is -2.11. The predicted octanol–water partition coefficient (Wildman–Crippen LogP) is 6.38. The summed E-state index contributed by atoms with van der Waals surface area (Å²) in [5.41, 5.74) is 1.85. The highest BCUT2D eigenvalue weighted by Crippen LogP contribution is 2.24. The molecule has 3 rings (SSSR count). The number of carbonyl (C=O) groups excluding carboxylic acids is 1. The zero-order chi connectivity index (χ0) is 22.2. The number of halogens is 3. The molecule has 7 heteroatoms. The van der Waals surface area contributed by atoms with Gasteiger partial charge in [-0.05, 0) is 82.8 Å². The minimum atomic E-state index is -2.94. The molecule has 0 heterocycles. The van der Waals surface area contributed by atoms with Crippen molar-refractivity contribution >= 4 is 34.5 Å². The maximum absolute atomic E-state index is 12.4. The van der Waals surface area contributed by atoms with E-state index in [1.165, 1.54) is 24.3 Å². The number of hydrogen-bond donors (Lipinski definition) is 0. The summed E-state index contributed by atoms with van der Waals surface area (Å²) in [6.45, 7) is -2.65. The van der Waals surface area contributed by atoms with Crippen LogP contribution in [-0.2, 0) is 6.61 Å². The Balaban J connectivity index is 1.72. The van der Waals surface area contributed by atoms with E-state index < -0.39 is 6.61 Å². The van der Waals surface area contributed by atoms with E-state index >= 15 is 0 Å². The molecule has 0 spiro atoms. The Morgan fingerprint density at radius 3 is 2.52 bits per heavy atom. The third-order valence-electron chi connectivity index (χ3n) is 4.28. The van der Waals surface area contributed by atoms with Gasteiger partial charge in [0.1, 0.15) is 23.9 Å². The number of hydrogen-bond acceptors (Lipinski definition) is 4. The molecule has 4 nitrogen and oxygen atoms in total. The van der Waals surface area contributed by atoms with E-state index in [0.29, 0.717) is 12.4 Å². The van der Waals surface area contributed by atoms with Crippen molar-refractivity contribution in [3.63, 3.8) is 0 Å². The number of benzene rings is 3. The number of methoxy groups -OCH3 is 1. The first kappa shape index (κ1) is 22.7. The van der Waals surface area contributed by atoms with Crippen LogP contribution in [0, 0.1) is 3.57 Å². The third-order valence-corrected chi connectivity index (χ3v) is 5.00. The van der Waals surface area contributed by atoms with Crippen LogP contribution in [0.4, 0.5) is 8.78 Å². The molecular formula is C24H19F2IO4. The predicted molar refractivity (Wildman–Crippen MR) is 123 cm³/mol. The van der Waals surface area contributed by atoms with E-state index in [1.54, 1.807) is 25.3 Å². The Bertz CT molecular complexity index is 1070. The van der Waals surface area contributed by atoms with Gasteiger partial charge in [0, 0.05) is 14.7 Å². The smallest absolute Gasteiger partial charge is 0.387 e. The van der Waals surface area contributed by atoms with Gasteiger partial charge in [-0.15, -0.1) is 0 Å². The largest absolute Gasteiger partial charge is 0.496 e. The van der Waals surface area contributed by atoms with Gasteiger partial charge in [-0.25, -0.2) is 0 Å². The van der Waals surface area contributed by atoms with Gasteiger partial charge in [0.05, 0.1) is 7.11 Å². The second kappa shape index (κ2) is 10.9. The SMILES string of the molecule is COc1ccc(/C=C/C(=O)c2cccc(OC(F)F)c2)cc1COc1ccc(I)cc1. The quantitative estimate of drug-likeness (QED) is 0.181. The van der Waals surface area contributed by atoms with Crippen LogP contribution in [0.1, 0.15) is 21.5 Å². The number of ether oxygens (including phenoxy) is 3. The van der Waals surface area contributed by atoms with E-state index in [0.717, 1.165) is 20.4 Å². The summed E-state index contributed by atoms with van der Waals surface area (Å²) in [7, 11) is 1.58. The van der Waals surface area contributed by atoms with Crippen molar-refractivity contribution in [1.82, 2.24) is 0 Å². The highest BCUT2D eigenvalue weighted by atomic mass is 127. The van der Waals surface area contributed by atoms with Gasteiger partial charge in [-0.3, -0.25) is 4.79 Å². The molecule has 0 unspecified atom stereocenters. The molecule has 0 aliphatic heterocycles. The van der Waals surface area contributed by atoms with Crippen LogP contribution in [0.5, 0.6) is 17.2 Å². The van der Waals surface area contributed by atoms with Crippen LogP contribution in [0.15, 0.2) is 72.8 Å². The fourth-order valence-electron chi connectivity index (χ4n) is 2.80. The third kappa shape index (κ3) is 6.78. The van der Waals surface area contributed by atoms with Crippen molar-refractivity contribution in [2.45, 2.75) is 13.2 Å². The summed E-state index contributed by atoms with van der Waals surface area (Å²) in [5, 5.41) is 0. The van der Waals surface area contributed by atoms with Crippen molar-refractivity contribution < 1.29 is 27.8 Å². The molecule has 3 aromatic rings. The summed E-state index contributed by atoms with van der Waals surface area (Å²) in [6.07, 6.45) is 3.03. The second-order valence-electron chi connectivity index (χ2n) is 6.42. The molecule has 3 aromatic carbocycles. The van der Waals surface area contributed by atoms with Crippen LogP contribution < -0.4 is 14.2 Å². The van der Waals surface area contributed by atoms with Gasteiger partial charge >= 0.3 is 6.61 Å². The van der Waals surface area contributed by atoms with Crippen LogP contribution in [0.3, 0.4) is 0 Å². The average Bonchev–Trinajstić information content (AvgIpc) is 2.77. The minimum Gasteiger partial charge on any atom is -0.496 e. The van der Waals surface area contributed by atoms with E-state index in [4.69, 9.17) is 9.47 Å². The molecule has 0 aliphatic carbocycles. The fourth-order valence-corrected chi connectivity index (χ4v) is 3.16. The minimum absolute atomic E-state index is 0.0614. The molecule has 31 heavy (non-hydrogen) atoms. The van der Waals surface area contributed by atoms with Gasteiger partial charge < -0.3 is 14.2 Å². The lowest BCUT2D eigenvalue weighted by Crippen LogP contribution is -2.03. The molecule has 0 radical (unpaired) electrons. The highest BCUT2D eigenvalue weighted by Gasteiger charge is 2.09. The highest BCUT2D eigenvalue weighted by molar-refractivity contribution is 14.1. The second-order valence-corrected chi connectivity index (χ2v) is 7.66. The molecule has 0 atom stereocenters. The lowest BCUT2D eigenvalue weighted by molar-refractivity contribution is -0.0498. The molecule has 0 aliphatic rings. The lowest BCUT2D eigenvalue weighted by atomic mass is 10.1. The Morgan fingerprint density at radius 2 is 1.81 bits per heavy atom. The van der Waals surface area contributed by atoms with Crippen molar-refractivity contribution in [2.75, 3.05) is 7.11 Å². The van der Waals surface area contributed by atoms with Gasteiger partial charge in [0.2, 0.25) is 0 Å². The Hall–Kier alpha value is -2.94. The Morgan fingerprint density at radius 1 is 1.03 bits per heavy atom. The fraction of sp³-hybridized carbons (Fsp3) is 0.125. The van der Waals surface area contributed by atoms with Crippen molar-refractivity contribution in [3.05, 3.63) is 93.1 Å². The number of carbonyl (C=O) groups is 1. The van der Waals surface area contributed by atoms with Crippen LogP contribution in [-0.4, -0.2) is 19.5 Å². The first-order valence-electron chi connectivity index (χ1n) is 9.27. The number of ketones is 1. The zero-order valence-corrected chi connectivity index (χ0v) is 18.7. The van der Waals surface area contributed by atoms with E-state index in [1.807, 2.05) is 36.4 Å². The summed E-state index contributed by atoms with van der Waals surface area (Å²) < 4.78 is 41.4. The van der Waals surface area contributed by atoms with Gasteiger partial charge in [-0.1, -0.05) is 24.3 Å². The van der Waals surface area contributed by atoms with Crippen LogP contribution >= 0.6 is 22.6 Å². The monoisotopic (exact) mass is 536 g/mol. The molecule has 0 fully saturated rings. The van der Waals surface area contributed by atoms with Crippen molar-refractivity contribution in [1.29, 1.82) is 0 Å². The number of allylic oxidation sites excluding steroid dienone is 1. The summed E-state index contributed by atoms with van der Waals surface area (Å²) in [4.78, 5) is 12.4.